The topological polar surface area (TPSA) is 68.5 Å². The smallest absolute Gasteiger partial charge is 0.406 e. The quantitative estimate of drug-likeness (QED) is 0.920. The fraction of sp³-hybridized carbons (Fsp3) is 0.412. The van der Waals surface area contributed by atoms with Gasteiger partial charge in [0.15, 0.2) is 0 Å². The third-order valence-corrected chi connectivity index (χ3v) is 4.36. The van der Waals surface area contributed by atoms with Crippen LogP contribution in [0.3, 0.4) is 0 Å². The van der Waals surface area contributed by atoms with Crippen molar-refractivity contribution in [1.82, 2.24) is 4.98 Å². The van der Waals surface area contributed by atoms with Crippen LogP contribution in [0, 0.1) is 12.8 Å². The number of halogens is 3. The van der Waals surface area contributed by atoms with E-state index in [2.05, 4.69) is 9.72 Å². The van der Waals surface area contributed by atoms with Crippen molar-refractivity contribution in [3.63, 3.8) is 0 Å². The molecular weight excluding hydrogens is 335 g/mol. The molecule has 1 aromatic heterocycles. The number of carbonyl (C=O) groups is 1. The van der Waals surface area contributed by atoms with E-state index in [9.17, 15) is 18.0 Å². The van der Waals surface area contributed by atoms with E-state index >= 15 is 0 Å². The van der Waals surface area contributed by atoms with Gasteiger partial charge in [0.25, 0.3) is 0 Å². The van der Waals surface area contributed by atoms with Crippen LogP contribution in [0.1, 0.15) is 18.5 Å². The zero-order valence-corrected chi connectivity index (χ0v) is 13.6. The number of benzene rings is 1. The number of nitrogens with zero attached hydrogens (tertiary/aromatic N) is 2. The first kappa shape index (κ1) is 17.3. The maximum atomic E-state index is 12.5. The van der Waals surface area contributed by atoms with Crippen LogP contribution in [0.5, 0.6) is 5.75 Å². The summed E-state index contributed by atoms with van der Waals surface area (Å²) in [6.07, 6.45) is -3.50. The number of rotatable bonds is 3. The molecule has 0 aliphatic carbocycles. The largest absolute Gasteiger partial charge is 0.573 e. The molecule has 0 saturated carbocycles. The zero-order chi connectivity index (χ0) is 18.2. The van der Waals surface area contributed by atoms with Gasteiger partial charge in [0.2, 0.25) is 5.91 Å². The average Bonchev–Trinajstić information content (AvgIpc) is 2.53. The van der Waals surface area contributed by atoms with Crippen molar-refractivity contribution in [2.75, 3.05) is 18.0 Å². The molecule has 134 valence electrons. The number of aromatic nitrogens is 1. The van der Waals surface area contributed by atoms with Crippen molar-refractivity contribution >= 4 is 22.5 Å². The molecule has 1 aliphatic rings. The van der Waals surface area contributed by atoms with Crippen LogP contribution in [0.2, 0.25) is 0 Å². The van der Waals surface area contributed by atoms with Crippen molar-refractivity contribution in [1.29, 1.82) is 0 Å². The zero-order valence-electron chi connectivity index (χ0n) is 13.6. The minimum absolute atomic E-state index is 0.158. The number of pyridine rings is 1. The van der Waals surface area contributed by atoms with Crippen molar-refractivity contribution in [2.45, 2.75) is 26.1 Å². The Morgan fingerprint density at radius 1 is 1.28 bits per heavy atom. The molecule has 0 unspecified atom stereocenters. The van der Waals surface area contributed by atoms with E-state index in [1.807, 2.05) is 17.9 Å². The highest BCUT2D eigenvalue weighted by molar-refractivity contribution is 5.93. The van der Waals surface area contributed by atoms with Gasteiger partial charge in [0.05, 0.1) is 5.52 Å². The lowest BCUT2D eigenvalue weighted by Gasteiger charge is -2.33. The molecule has 2 N–H and O–H groups in total. The summed E-state index contributed by atoms with van der Waals surface area (Å²) in [7, 11) is 0. The standard InChI is InChI=1S/C17H18F3N3O2/c1-10-8-15(23-6-4-11(5-7-23)16(21)24)13-9-12(25-17(18,19)20)2-3-14(13)22-10/h2-3,8-9,11H,4-7H2,1H3,(H2,21,24). The maximum Gasteiger partial charge on any atom is 0.573 e. The highest BCUT2D eigenvalue weighted by atomic mass is 19.4. The van der Waals surface area contributed by atoms with Gasteiger partial charge in [-0.05, 0) is 44.0 Å². The number of aryl methyl sites for hydroxylation is 1. The Bertz CT molecular complexity index is 800. The summed E-state index contributed by atoms with van der Waals surface area (Å²) < 4.78 is 41.5. The Balaban J connectivity index is 1.96. The number of fused-ring (bicyclic) bond motifs is 1. The molecule has 0 atom stereocenters. The molecule has 5 nitrogen and oxygen atoms in total. The molecule has 2 aromatic rings. The van der Waals surface area contributed by atoms with E-state index in [4.69, 9.17) is 5.73 Å². The summed E-state index contributed by atoms with van der Waals surface area (Å²) in [4.78, 5) is 17.7. The van der Waals surface area contributed by atoms with E-state index in [0.29, 0.717) is 36.8 Å². The van der Waals surface area contributed by atoms with Gasteiger partial charge in [0.1, 0.15) is 5.75 Å². The van der Waals surface area contributed by atoms with Crippen LogP contribution < -0.4 is 15.4 Å². The van der Waals surface area contributed by atoms with Crippen molar-refractivity contribution < 1.29 is 22.7 Å². The number of ether oxygens (including phenoxy) is 1. The Labute approximate surface area is 142 Å². The molecule has 0 radical (unpaired) electrons. The molecule has 1 fully saturated rings. The maximum absolute atomic E-state index is 12.5. The fourth-order valence-electron chi connectivity index (χ4n) is 3.18. The van der Waals surface area contributed by atoms with Crippen LogP contribution in [-0.2, 0) is 4.79 Å². The van der Waals surface area contributed by atoms with Gasteiger partial charge < -0.3 is 15.4 Å². The van der Waals surface area contributed by atoms with Crippen LogP contribution >= 0.6 is 0 Å². The normalized spacial score (nSPS) is 16.2. The van der Waals surface area contributed by atoms with Gasteiger partial charge in [0, 0.05) is 35.8 Å². The Kier molecular flexibility index (Phi) is 4.45. The fourth-order valence-corrected chi connectivity index (χ4v) is 3.18. The monoisotopic (exact) mass is 353 g/mol. The molecule has 2 heterocycles. The van der Waals surface area contributed by atoms with Crippen LogP contribution in [0.4, 0.5) is 18.9 Å². The molecule has 1 aromatic carbocycles. The number of hydrogen-bond donors (Lipinski definition) is 1. The Morgan fingerprint density at radius 3 is 2.56 bits per heavy atom. The van der Waals surface area contributed by atoms with Gasteiger partial charge >= 0.3 is 6.36 Å². The van der Waals surface area contributed by atoms with Crippen LogP contribution in [0.15, 0.2) is 24.3 Å². The summed E-state index contributed by atoms with van der Waals surface area (Å²) >= 11 is 0. The molecule has 0 bridgehead atoms. The molecular formula is C17H18F3N3O2. The first-order valence-electron chi connectivity index (χ1n) is 7.94. The first-order chi connectivity index (χ1) is 11.7. The van der Waals surface area contributed by atoms with E-state index in [0.717, 1.165) is 11.4 Å². The van der Waals surface area contributed by atoms with E-state index in [-0.39, 0.29) is 17.6 Å². The van der Waals surface area contributed by atoms with Crippen LogP contribution in [-0.4, -0.2) is 30.3 Å². The van der Waals surface area contributed by atoms with E-state index in [1.54, 1.807) is 0 Å². The molecule has 1 aliphatic heterocycles. The highest BCUT2D eigenvalue weighted by Gasteiger charge is 2.31. The molecule has 1 saturated heterocycles. The molecule has 1 amide bonds. The van der Waals surface area contributed by atoms with Gasteiger partial charge in [-0.2, -0.15) is 0 Å². The lowest BCUT2D eigenvalue weighted by molar-refractivity contribution is -0.274. The summed E-state index contributed by atoms with van der Waals surface area (Å²) in [5.41, 5.74) is 7.51. The SMILES string of the molecule is Cc1cc(N2CCC(C(N)=O)CC2)c2cc(OC(F)(F)F)ccc2n1. The van der Waals surface area contributed by atoms with Gasteiger partial charge in [-0.15, -0.1) is 13.2 Å². The predicted molar refractivity (Wildman–Crippen MR) is 87.3 cm³/mol. The Hall–Kier alpha value is -2.51. The predicted octanol–water partition coefficient (Wildman–Crippen LogP) is 3.14. The number of carbonyl (C=O) groups excluding carboxylic acids is 1. The minimum atomic E-state index is -4.74. The Morgan fingerprint density at radius 2 is 1.96 bits per heavy atom. The third kappa shape index (κ3) is 3.94. The molecule has 8 heteroatoms. The van der Waals surface area contributed by atoms with Gasteiger partial charge in [-0.1, -0.05) is 0 Å². The van der Waals surface area contributed by atoms with Crippen molar-refractivity contribution in [3.8, 4) is 5.75 Å². The molecule has 25 heavy (non-hydrogen) atoms. The summed E-state index contributed by atoms with van der Waals surface area (Å²) in [5.74, 6) is -0.746. The number of anilines is 1. The van der Waals surface area contributed by atoms with Gasteiger partial charge in [-0.3, -0.25) is 9.78 Å². The number of amides is 1. The molecule has 3 rings (SSSR count). The van der Waals surface area contributed by atoms with E-state index < -0.39 is 6.36 Å². The van der Waals surface area contributed by atoms with Crippen LogP contribution in [0.25, 0.3) is 10.9 Å². The number of nitrogens with two attached hydrogens (primary N) is 1. The van der Waals surface area contributed by atoms with Crippen molar-refractivity contribution in [2.24, 2.45) is 11.7 Å². The average molecular weight is 353 g/mol. The second kappa shape index (κ2) is 6.42. The minimum Gasteiger partial charge on any atom is -0.406 e. The lowest BCUT2D eigenvalue weighted by Crippen LogP contribution is -2.38. The summed E-state index contributed by atoms with van der Waals surface area (Å²) in [5, 5.41) is 0.588. The second-order valence-corrected chi connectivity index (χ2v) is 6.17. The summed E-state index contributed by atoms with van der Waals surface area (Å²) in [6, 6.07) is 5.96. The van der Waals surface area contributed by atoms with Gasteiger partial charge in [-0.25, -0.2) is 0 Å². The first-order valence-corrected chi connectivity index (χ1v) is 7.94. The second-order valence-electron chi connectivity index (χ2n) is 6.17. The number of piperidine rings is 1. The van der Waals surface area contributed by atoms with Crippen molar-refractivity contribution in [3.05, 3.63) is 30.0 Å². The van der Waals surface area contributed by atoms with E-state index in [1.165, 1.54) is 18.2 Å². The summed E-state index contributed by atoms with van der Waals surface area (Å²) in [6.45, 7) is 3.05. The number of primary amides is 1. The number of hydrogen-bond acceptors (Lipinski definition) is 4. The highest BCUT2D eigenvalue weighted by Crippen LogP contribution is 2.34. The molecule has 0 spiro atoms. The lowest BCUT2D eigenvalue weighted by atomic mass is 9.95. The number of alkyl halides is 3. The third-order valence-electron chi connectivity index (χ3n) is 4.36.